The Morgan fingerprint density at radius 2 is 2.00 bits per heavy atom. The van der Waals surface area contributed by atoms with Crippen LogP contribution in [0.4, 0.5) is 13.2 Å². The Morgan fingerprint density at radius 3 is 2.56 bits per heavy atom. The summed E-state index contributed by atoms with van der Waals surface area (Å²) < 4.78 is 39.8. The highest BCUT2D eigenvalue weighted by atomic mass is 19.4. The van der Waals surface area contributed by atoms with Gasteiger partial charge in [-0.05, 0) is 30.0 Å². The molecule has 1 aromatic rings. The number of hydrogen-bond acceptors (Lipinski definition) is 1. The van der Waals surface area contributed by atoms with E-state index in [1.807, 2.05) is 6.07 Å². The first-order valence-corrected chi connectivity index (χ1v) is 5.25. The van der Waals surface area contributed by atoms with Gasteiger partial charge in [0.2, 0.25) is 0 Å². The maximum atomic E-state index is 12.0. The van der Waals surface area contributed by atoms with Crippen LogP contribution in [-0.2, 0) is 6.42 Å². The van der Waals surface area contributed by atoms with Crippen LogP contribution in [-0.4, -0.2) is 6.36 Å². The molecule has 0 saturated carbocycles. The summed E-state index contributed by atoms with van der Waals surface area (Å²) in [5.41, 5.74) is 0.871. The van der Waals surface area contributed by atoms with E-state index in [9.17, 15) is 13.2 Å². The highest BCUT2D eigenvalue weighted by molar-refractivity contribution is 5.28. The van der Waals surface area contributed by atoms with E-state index in [1.165, 1.54) is 12.1 Å². The second-order valence-electron chi connectivity index (χ2n) is 3.91. The van der Waals surface area contributed by atoms with Crippen molar-refractivity contribution in [1.82, 2.24) is 0 Å². The summed E-state index contributed by atoms with van der Waals surface area (Å²) in [5, 5.41) is 0. The summed E-state index contributed by atoms with van der Waals surface area (Å²) in [6.07, 6.45) is -2.84. The van der Waals surface area contributed by atoms with E-state index in [4.69, 9.17) is 0 Å². The van der Waals surface area contributed by atoms with Gasteiger partial charge in [-0.15, -0.1) is 13.2 Å². The fourth-order valence-electron chi connectivity index (χ4n) is 1.42. The molecule has 1 rings (SSSR count). The van der Waals surface area contributed by atoms with Crippen LogP contribution in [0.2, 0.25) is 0 Å². The topological polar surface area (TPSA) is 9.23 Å². The van der Waals surface area contributed by atoms with Gasteiger partial charge in [-0.1, -0.05) is 32.4 Å². The molecule has 0 amide bonds. The third-order valence-electron chi connectivity index (χ3n) is 2.41. The zero-order valence-electron chi connectivity index (χ0n) is 9.34. The lowest BCUT2D eigenvalue weighted by atomic mass is 9.99. The Labute approximate surface area is 93.2 Å². The van der Waals surface area contributed by atoms with Crippen molar-refractivity contribution in [3.05, 3.63) is 29.8 Å². The predicted molar refractivity (Wildman–Crippen MR) is 56.3 cm³/mol. The number of halogens is 3. The molecule has 1 aromatic carbocycles. The quantitative estimate of drug-likeness (QED) is 0.756. The molecule has 90 valence electrons. The molecule has 0 aromatic heterocycles. The van der Waals surface area contributed by atoms with Crippen LogP contribution in [0.1, 0.15) is 25.8 Å². The fraction of sp³-hybridized carbons (Fsp3) is 0.500. The smallest absolute Gasteiger partial charge is 0.406 e. The largest absolute Gasteiger partial charge is 0.573 e. The SMILES string of the molecule is CCC(C)Cc1cccc(OC(F)(F)F)c1. The molecule has 1 atom stereocenters. The van der Waals surface area contributed by atoms with Gasteiger partial charge >= 0.3 is 6.36 Å². The van der Waals surface area contributed by atoms with Crippen molar-refractivity contribution in [2.24, 2.45) is 5.92 Å². The van der Waals surface area contributed by atoms with Crippen molar-refractivity contribution < 1.29 is 17.9 Å². The van der Waals surface area contributed by atoms with Gasteiger partial charge in [0.15, 0.2) is 0 Å². The van der Waals surface area contributed by atoms with E-state index in [-0.39, 0.29) is 5.75 Å². The Hall–Kier alpha value is -1.19. The minimum atomic E-state index is -4.62. The number of benzene rings is 1. The first kappa shape index (κ1) is 12.9. The van der Waals surface area contributed by atoms with Crippen molar-refractivity contribution in [1.29, 1.82) is 0 Å². The third kappa shape index (κ3) is 4.55. The third-order valence-corrected chi connectivity index (χ3v) is 2.41. The van der Waals surface area contributed by atoms with Crippen molar-refractivity contribution >= 4 is 0 Å². The maximum Gasteiger partial charge on any atom is 0.573 e. The molecule has 16 heavy (non-hydrogen) atoms. The minimum absolute atomic E-state index is 0.145. The molecule has 0 radical (unpaired) electrons. The summed E-state index contributed by atoms with van der Waals surface area (Å²) in [7, 11) is 0. The number of rotatable bonds is 4. The summed E-state index contributed by atoms with van der Waals surface area (Å²) in [6, 6.07) is 6.15. The maximum absolute atomic E-state index is 12.0. The number of alkyl halides is 3. The second kappa shape index (κ2) is 5.23. The molecular formula is C12H15F3O. The normalized spacial score (nSPS) is 13.6. The number of ether oxygens (including phenoxy) is 1. The van der Waals surface area contributed by atoms with Gasteiger partial charge in [0.25, 0.3) is 0 Å². The molecule has 0 spiro atoms. The van der Waals surface area contributed by atoms with Crippen LogP contribution in [0.3, 0.4) is 0 Å². The van der Waals surface area contributed by atoms with Crippen LogP contribution in [0.15, 0.2) is 24.3 Å². The summed E-state index contributed by atoms with van der Waals surface area (Å²) in [5.74, 6) is 0.314. The van der Waals surface area contributed by atoms with E-state index in [0.29, 0.717) is 5.92 Å². The molecular weight excluding hydrogens is 217 g/mol. The van der Waals surface area contributed by atoms with E-state index in [2.05, 4.69) is 18.6 Å². The van der Waals surface area contributed by atoms with Crippen LogP contribution in [0, 0.1) is 5.92 Å². The van der Waals surface area contributed by atoms with Crippen molar-refractivity contribution in [2.45, 2.75) is 33.1 Å². The zero-order chi connectivity index (χ0) is 12.2. The highest BCUT2D eigenvalue weighted by Gasteiger charge is 2.31. The Morgan fingerprint density at radius 1 is 1.31 bits per heavy atom. The molecule has 0 aliphatic carbocycles. The van der Waals surface area contributed by atoms with Gasteiger partial charge in [0.05, 0.1) is 0 Å². The lowest BCUT2D eigenvalue weighted by molar-refractivity contribution is -0.274. The van der Waals surface area contributed by atoms with Gasteiger partial charge < -0.3 is 4.74 Å². The van der Waals surface area contributed by atoms with E-state index in [1.54, 1.807) is 6.07 Å². The molecule has 0 aliphatic heterocycles. The predicted octanol–water partition coefficient (Wildman–Crippen LogP) is 4.17. The molecule has 1 unspecified atom stereocenters. The van der Waals surface area contributed by atoms with Crippen LogP contribution < -0.4 is 4.74 Å². The summed E-state index contributed by atoms with van der Waals surface area (Å²) >= 11 is 0. The molecule has 4 heteroatoms. The zero-order valence-corrected chi connectivity index (χ0v) is 9.34. The minimum Gasteiger partial charge on any atom is -0.406 e. The summed E-state index contributed by atoms with van der Waals surface area (Å²) in [4.78, 5) is 0. The van der Waals surface area contributed by atoms with Crippen LogP contribution in [0.5, 0.6) is 5.75 Å². The van der Waals surface area contributed by atoms with E-state index in [0.717, 1.165) is 18.4 Å². The molecule has 0 heterocycles. The first-order valence-electron chi connectivity index (χ1n) is 5.25. The Bertz CT molecular complexity index is 333. The molecule has 0 fully saturated rings. The Balaban J connectivity index is 2.71. The van der Waals surface area contributed by atoms with Crippen molar-refractivity contribution in [3.63, 3.8) is 0 Å². The van der Waals surface area contributed by atoms with E-state index < -0.39 is 6.36 Å². The summed E-state index contributed by atoms with van der Waals surface area (Å²) in [6.45, 7) is 4.12. The molecule has 0 bridgehead atoms. The van der Waals surface area contributed by atoms with Gasteiger partial charge in [-0.2, -0.15) is 0 Å². The van der Waals surface area contributed by atoms with Crippen molar-refractivity contribution in [2.75, 3.05) is 0 Å². The van der Waals surface area contributed by atoms with E-state index >= 15 is 0 Å². The average Bonchev–Trinajstić information content (AvgIpc) is 2.15. The Kier molecular flexibility index (Phi) is 4.21. The monoisotopic (exact) mass is 232 g/mol. The standard InChI is InChI=1S/C12H15F3O/c1-3-9(2)7-10-5-4-6-11(8-10)16-12(13,14)15/h4-6,8-9H,3,7H2,1-2H3. The molecule has 0 aliphatic rings. The van der Waals surface area contributed by atoms with Gasteiger partial charge in [-0.25, -0.2) is 0 Å². The molecule has 1 nitrogen and oxygen atoms in total. The highest BCUT2D eigenvalue weighted by Crippen LogP contribution is 2.24. The van der Waals surface area contributed by atoms with Crippen molar-refractivity contribution in [3.8, 4) is 5.75 Å². The molecule has 0 N–H and O–H groups in total. The lowest BCUT2D eigenvalue weighted by Crippen LogP contribution is -2.17. The number of hydrogen-bond donors (Lipinski definition) is 0. The first-order chi connectivity index (χ1) is 7.40. The molecule has 0 saturated heterocycles. The van der Waals surface area contributed by atoms with Gasteiger partial charge in [0.1, 0.15) is 5.75 Å². The van der Waals surface area contributed by atoms with Crippen LogP contribution >= 0.6 is 0 Å². The average molecular weight is 232 g/mol. The van der Waals surface area contributed by atoms with Gasteiger partial charge in [0, 0.05) is 0 Å². The lowest BCUT2D eigenvalue weighted by Gasteiger charge is -2.12. The van der Waals surface area contributed by atoms with Gasteiger partial charge in [-0.3, -0.25) is 0 Å². The fourth-order valence-corrected chi connectivity index (χ4v) is 1.42. The van der Waals surface area contributed by atoms with Crippen LogP contribution in [0.25, 0.3) is 0 Å². The second-order valence-corrected chi connectivity index (χ2v) is 3.91.